The Morgan fingerprint density at radius 1 is 1.00 bits per heavy atom. The van der Waals surface area contributed by atoms with Crippen LogP contribution in [0.2, 0.25) is 0 Å². The van der Waals surface area contributed by atoms with Crippen LogP contribution in [0.1, 0.15) is 64.5 Å². The molecule has 0 spiro atoms. The lowest BCUT2D eigenvalue weighted by Crippen LogP contribution is -2.38. The second-order valence-corrected chi connectivity index (χ2v) is 11.7. The molecule has 0 bridgehead atoms. The molecule has 254 valence electrons. The fourth-order valence-electron chi connectivity index (χ4n) is 5.45. The summed E-state index contributed by atoms with van der Waals surface area (Å²) in [4.78, 5) is 29.6. The van der Waals surface area contributed by atoms with Crippen molar-refractivity contribution in [3.05, 3.63) is 107 Å². The van der Waals surface area contributed by atoms with Gasteiger partial charge < -0.3 is 14.7 Å². The number of alkyl halides is 6. The van der Waals surface area contributed by atoms with Crippen molar-refractivity contribution in [2.45, 2.75) is 50.6 Å². The van der Waals surface area contributed by atoms with E-state index in [1.165, 1.54) is 24.3 Å². The minimum Gasteiger partial charge on any atom is -0.478 e. The molecule has 1 saturated carbocycles. The fourth-order valence-corrected chi connectivity index (χ4v) is 5.45. The summed E-state index contributed by atoms with van der Waals surface area (Å²) in [6.45, 7) is 4.41. The first-order valence-electron chi connectivity index (χ1n) is 15.2. The van der Waals surface area contributed by atoms with Crippen LogP contribution in [0.25, 0.3) is 11.4 Å². The van der Waals surface area contributed by atoms with E-state index in [2.05, 4.69) is 16.7 Å². The molecule has 1 aliphatic heterocycles. The Morgan fingerprint density at radius 2 is 1.69 bits per heavy atom. The molecule has 5 rings (SSSR count). The van der Waals surface area contributed by atoms with Gasteiger partial charge in [0.05, 0.1) is 30.7 Å². The van der Waals surface area contributed by atoms with E-state index >= 15 is 0 Å². The van der Waals surface area contributed by atoms with E-state index in [1.54, 1.807) is 0 Å². The molecular formula is C34H32F6N4O4. The number of allylic oxidation sites excluding steroid dienone is 4. The van der Waals surface area contributed by atoms with Crippen LogP contribution in [0, 0.1) is 5.92 Å². The number of aromatic carboxylic acids is 1. The summed E-state index contributed by atoms with van der Waals surface area (Å²) >= 11 is 0. The number of rotatable bonds is 11. The number of halogens is 6. The van der Waals surface area contributed by atoms with Crippen LogP contribution in [0.4, 0.5) is 26.3 Å². The third kappa shape index (κ3) is 8.40. The predicted octanol–water partition coefficient (Wildman–Crippen LogP) is 7.38. The van der Waals surface area contributed by atoms with Crippen LogP contribution >= 0.6 is 0 Å². The van der Waals surface area contributed by atoms with Gasteiger partial charge in [0.15, 0.2) is 11.5 Å². The second-order valence-electron chi connectivity index (χ2n) is 11.7. The summed E-state index contributed by atoms with van der Waals surface area (Å²) in [5.74, 6) is -1.41. The highest BCUT2D eigenvalue weighted by Gasteiger charge is 2.41. The molecule has 48 heavy (non-hydrogen) atoms. The lowest BCUT2D eigenvalue weighted by molar-refractivity contribution is -0.143. The van der Waals surface area contributed by atoms with Crippen LogP contribution < -0.4 is 0 Å². The standard InChI is InChI=1S/C34H32F6N4O4/c1-21(28-6-3-7-29(42-28)44-30(34(38,39)40)27(18-41-44)32(46)47)4-2-5-26(33(35,36)37)20-48-19-22-8-10-23(11-9-22)24-14-16-43(17-15-24)31(45)25-12-13-25/h2-11,18,24-25H,1,12-17,19-20H2,(H,46,47)/b4-2-,26-5+. The molecule has 0 unspecified atom stereocenters. The maximum absolute atomic E-state index is 13.7. The Balaban J connectivity index is 1.18. The van der Waals surface area contributed by atoms with Gasteiger partial charge in [-0.15, -0.1) is 0 Å². The summed E-state index contributed by atoms with van der Waals surface area (Å²) in [6, 6.07) is 11.4. The quantitative estimate of drug-likeness (QED) is 0.169. The number of likely N-dealkylation sites (tertiary alicyclic amines) is 1. The Hall–Kier alpha value is -4.72. The van der Waals surface area contributed by atoms with Crippen molar-refractivity contribution in [1.82, 2.24) is 19.7 Å². The zero-order chi connectivity index (χ0) is 34.6. The molecule has 1 N–H and O–H groups in total. The van der Waals surface area contributed by atoms with Crippen molar-refractivity contribution in [1.29, 1.82) is 0 Å². The van der Waals surface area contributed by atoms with Crippen LogP contribution in [0.15, 0.2) is 79.0 Å². The molecule has 8 nitrogen and oxygen atoms in total. The van der Waals surface area contributed by atoms with Gasteiger partial charge in [-0.1, -0.05) is 55.1 Å². The van der Waals surface area contributed by atoms with Crippen LogP contribution in [-0.2, 0) is 22.3 Å². The number of carbonyl (C=O) groups excluding carboxylic acids is 1. The molecule has 0 radical (unpaired) electrons. The van der Waals surface area contributed by atoms with E-state index in [-0.39, 0.29) is 35.5 Å². The lowest BCUT2D eigenvalue weighted by Gasteiger charge is -2.32. The molecule has 3 aromatic rings. The number of hydrogen-bond acceptors (Lipinski definition) is 5. The number of carboxylic acids is 1. The van der Waals surface area contributed by atoms with Gasteiger partial charge >= 0.3 is 18.3 Å². The SMILES string of the molecule is C=C(/C=C\C=C(/COCc1ccc(C2CCN(C(=O)C3CC3)CC2)cc1)C(F)(F)F)c1cccc(-n2ncc(C(=O)O)c2C(F)(F)F)n1. The minimum absolute atomic E-state index is 0.0307. The molecule has 0 atom stereocenters. The normalized spacial score (nSPS) is 16.5. The largest absolute Gasteiger partial charge is 0.478 e. The Labute approximate surface area is 272 Å². The van der Waals surface area contributed by atoms with E-state index < -0.39 is 41.8 Å². The zero-order valence-corrected chi connectivity index (χ0v) is 25.6. The van der Waals surface area contributed by atoms with Crippen molar-refractivity contribution in [3.63, 3.8) is 0 Å². The van der Waals surface area contributed by atoms with Crippen LogP contribution in [0.5, 0.6) is 0 Å². The molecular weight excluding hydrogens is 642 g/mol. The van der Waals surface area contributed by atoms with Crippen molar-refractivity contribution < 1.29 is 45.8 Å². The zero-order valence-electron chi connectivity index (χ0n) is 25.6. The van der Waals surface area contributed by atoms with Gasteiger partial charge in [-0.2, -0.15) is 31.4 Å². The van der Waals surface area contributed by atoms with E-state index in [9.17, 15) is 35.9 Å². The van der Waals surface area contributed by atoms with Crippen molar-refractivity contribution in [2.75, 3.05) is 19.7 Å². The summed E-state index contributed by atoms with van der Waals surface area (Å²) in [7, 11) is 0. The average Bonchev–Trinajstić information content (AvgIpc) is 3.79. The Kier molecular flexibility index (Phi) is 10.2. The molecule has 3 heterocycles. The minimum atomic E-state index is -5.06. The van der Waals surface area contributed by atoms with Crippen molar-refractivity contribution in [2.24, 2.45) is 5.92 Å². The molecule has 2 aliphatic rings. The van der Waals surface area contributed by atoms with Gasteiger partial charge in [-0.05, 0) is 60.4 Å². The van der Waals surface area contributed by atoms with Gasteiger partial charge in [0.25, 0.3) is 0 Å². The molecule has 2 aromatic heterocycles. The molecule has 2 fully saturated rings. The smallest absolute Gasteiger partial charge is 0.434 e. The number of carbonyl (C=O) groups is 2. The van der Waals surface area contributed by atoms with Crippen molar-refractivity contribution in [3.8, 4) is 5.82 Å². The molecule has 1 amide bonds. The summed E-state index contributed by atoms with van der Waals surface area (Å²) in [5, 5.41) is 12.7. The molecule has 1 aromatic carbocycles. The number of pyridine rings is 1. The number of benzene rings is 1. The summed E-state index contributed by atoms with van der Waals surface area (Å²) in [6.07, 6.45) is -2.39. The van der Waals surface area contributed by atoms with E-state index in [0.717, 1.165) is 56.5 Å². The maximum Gasteiger partial charge on any atom is 0.434 e. The van der Waals surface area contributed by atoms with Gasteiger partial charge in [-0.3, -0.25) is 4.79 Å². The van der Waals surface area contributed by atoms with E-state index in [0.29, 0.717) is 22.4 Å². The first-order valence-corrected chi connectivity index (χ1v) is 15.2. The summed E-state index contributed by atoms with van der Waals surface area (Å²) < 4.78 is 87.7. The van der Waals surface area contributed by atoms with E-state index in [4.69, 9.17) is 9.84 Å². The summed E-state index contributed by atoms with van der Waals surface area (Å²) in [5.41, 5.74) is -1.63. The number of nitrogens with zero attached hydrogens (tertiary/aromatic N) is 4. The average molecular weight is 675 g/mol. The highest BCUT2D eigenvalue weighted by Crippen LogP contribution is 2.35. The Bertz CT molecular complexity index is 1710. The topological polar surface area (TPSA) is 97.6 Å². The highest BCUT2D eigenvalue weighted by atomic mass is 19.4. The van der Waals surface area contributed by atoms with Crippen molar-refractivity contribution >= 4 is 17.4 Å². The van der Waals surface area contributed by atoms with Crippen LogP contribution in [-0.4, -0.2) is 62.5 Å². The number of ether oxygens (including phenoxy) is 1. The third-order valence-electron chi connectivity index (χ3n) is 8.22. The van der Waals surface area contributed by atoms with Gasteiger partial charge in [0.2, 0.25) is 5.91 Å². The number of hydrogen-bond donors (Lipinski definition) is 1. The van der Waals surface area contributed by atoms with Gasteiger partial charge in [0.1, 0.15) is 5.56 Å². The first kappa shape index (κ1) is 34.6. The number of carboxylic acid groups (broad SMARTS) is 1. The number of aromatic nitrogens is 3. The molecule has 1 aliphatic carbocycles. The monoisotopic (exact) mass is 674 g/mol. The molecule has 1 saturated heterocycles. The lowest BCUT2D eigenvalue weighted by atomic mass is 9.89. The Morgan fingerprint density at radius 3 is 2.29 bits per heavy atom. The molecule has 14 heteroatoms. The van der Waals surface area contributed by atoms with E-state index in [1.807, 2.05) is 29.2 Å². The van der Waals surface area contributed by atoms with Gasteiger partial charge in [0, 0.05) is 19.0 Å². The van der Waals surface area contributed by atoms with Crippen LogP contribution in [0.3, 0.4) is 0 Å². The van der Waals surface area contributed by atoms with Gasteiger partial charge in [-0.25, -0.2) is 14.5 Å². The number of piperidine rings is 1. The highest BCUT2D eigenvalue weighted by molar-refractivity contribution is 5.89. The second kappa shape index (κ2) is 14.2. The first-order chi connectivity index (χ1) is 22.7. The third-order valence-corrected chi connectivity index (χ3v) is 8.22. The predicted molar refractivity (Wildman–Crippen MR) is 163 cm³/mol. The maximum atomic E-state index is 13.7. The number of amides is 1. The fraction of sp³-hybridized carbons (Fsp3) is 0.353.